The Morgan fingerprint density at radius 1 is 1.39 bits per heavy atom. The Labute approximate surface area is 110 Å². The van der Waals surface area contributed by atoms with Gasteiger partial charge in [0.05, 0.1) is 18.4 Å². The number of esters is 1. The predicted molar refractivity (Wildman–Crippen MR) is 70.3 cm³/mol. The van der Waals surface area contributed by atoms with Crippen LogP contribution < -0.4 is 10.6 Å². The molecule has 0 atom stereocenters. The van der Waals surface area contributed by atoms with Crippen LogP contribution >= 0.6 is 11.6 Å². The summed E-state index contributed by atoms with van der Waals surface area (Å²) in [5.41, 5.74) is 1.54. The van der Waals surface area contributed by atoms with Gasteiger partial charge in [-0.1, -0.05) is 12.1 Å². The fourth-order valence-electron chi connectivity index (χ4n) is 1.43. The van der Waals surface area contributed by atoms with Crippen LogP contribution in [0.5, 0.6) is 0 Å². The van der Waals surface area contributed by atoms with Gasteiger partial charge in [0.25, 0.3) is 0 Å². The van der Waals surface area contributed by atoms with Gasteiger partial charge >= 0.3 is 12.0 Å². The molecule has 5 nitrogen and oxygen atoms in total. The van der Waals surface area contributed by atoms with Crippen LogP contribution in [0.15, 0.2) is 18.2 Å². The van der Waals surface area contributed by atoms with Crippen LogP contribution in [-0.2, 0) is 4.74 Å². The second kappa shape index (κ2) is 6.86. The highest BCUT2D eigenvalue weighted by molar-refractivity contribution is 6.18. The van der Waals surface area contributed by atoms with Gasteiger partial charge < -0.3 is 15.4 Å². The van der Waals surface area contributed by atoms with Crippen molar-refractivity contribution in [3.63, 3.8) is 0 Å². The van der Waals surface area contributed by atoms with Crippen molar-refractivity contribution in [2.45, 2.75) is 6.92 Å². The number of para-hydroxylation sites is 1. The molecule has 98 valence electrons. The van der Waals surface area contributed by atoms with Crippen molar-refractivity contribution in [2.75, 3.05) is 24.9 Å². The van der Waals surface area contributed by atoms with Gasteiger partial charge in [0.15, 0.2) is 0 Å². The Morgan fingerprint density at radius 2 is 2.11 bits per heavy atom. The van der Waals surface area contributed by atoms with E-state index in [9.17, 15) is 9.59 Å². The van der Waals surface area contributed by atoms with Crippen LogP contribution in [0.3, 0.4) is 0 Å². The van der Waals surface area contributed by atoms with E-state index < -0.39 is 12.0 Å². The van der Waals surface area contributed by atoms with E-state index in [1.54, 1.807) is 25.1 Å². The van der Waals surface area contributed by atoms with E-state index in [1.807, 2.05) is 0 Å². The molecular weight excluding hydrogens is 256 g/mol. The fourth-order valence-corrected chi connectivity index (χ4v) is 1.53. The van der Waals surface area contributed by atoms with Crippen LogP contribution in [0.25, 0.3) is 0 Å². The molecule has 0 heterocycles. The first-order valence-corrected chi connectivity index (χ1v) is 5.92. The van der Waals surface area contributed by atoms with Gasteiger partial charge in [0, 0.05) is 12.4 Å². The largest absolute Gasteiger partial charge is 0.465 e. The standard InChI is InChI=1S/C12H15ClN2O3/c1-8-4-3-5-9(11(16)18-2)10(8)15-12(17)14-7-6-13/h3-5H,6-7H2,1-2H3,(H2,14,15,17). The van der Waals surface area contributed by atoms with Gasteiger partial charge in [-0.15, -0.1) is 11.6 Å². The zero-order valence-corrected chi connectivity index (χ0v) is 11.0. The number of hydrogen-bond acceptors (Lipinski definition) is 3. The Hall–Kier alpha value is -1.75. The summed E-state index contributed by atoms with van der Waals surface area (Å²) < 4.78 is 4.66. The summed E-state index contributed by atoms with van der Waals surface area (Å²) in [6, 6.07) is 4.71. The number of anilines is 1. The van der Waals surface area contributed by atoms with Gasteiger partial charge in [-0.2, -0.15) is 0 Å². The molecule has 0 radical (unpaired) electrons. The molecule has 1 aromatic carbocycles. The minimum absolute atomic E-state index is 0.318. The molecule has 1 rings (SSSR count). The number of rotatable bonds is 4. The molecule has 0 aromatic heterocycles. The molecule has 0 saturated carbocycles. The number of ether oxygens (including phenoxy) is 1. The summed E-state index contributed by atoms with van der Waals surface area (Å²) >= 11 is 5.47. The average molecular weight is 271 g/mol. The molecule has 0 fully saturated rings. The van der Waals surface area contributed by atoms with Crippen LogP contribution in [0.4, 0.5) is 10.5 Å². The number of nitrogens with one attached hydrogen (secondary N) is 2. The number of urea groups is 1. The van der Waals surface area contributed by atoms with Gasteiger partial charge in [-0.05, 0) is 18.6 Å². The molecule has 2 N–H and O–H groups in total. The maximum absolute atomic E-state index is 11.6. The van der Waals surface area contributed by atoms with E-state index in [4.69, 9.17) is 11.6 Å². The lowest BCUT2D eigenvalue weighted by atomic mass is 10.1. The zero-order chi connectivity index (χ0) is 13.5. The number of benzene rings is 1. The molecule has 1 aromatic rings. The highest BCUT2D eigenvalue weighted by Crippen LogP contribution is 2.21. The third kappa shape index (κ3) is 3.63. The average Bonchev–Trinajstić information content (AvgIpc) is 2.37. The maximum atomic E-state index is 11.6. The van der Waals surface area contributed by atoms with E-state index >= 15 is 0 Å². The number of aryl methyl sites for hydroxylation is 1. The smallest absolute Gasteiger partial charge is 0.339 e. The number of halogens is 1. The third-order valence-electron chi connectivity index (χ3n) is 2.30. The quantitative estimate of drug-likeness (QED) is 0.651. The monoisotopic (exact) mass is 270 g/mol. The SMILES string of the molecule is COC(=O)c1cccc(C)c1NC(=O)NCCCl. The van der Waals surface area contributed by atoms with Crippen LogP contribution in [0.1, 0.15) is 15.9 Å². The molecule has 6 heteroatoms. The first-order chi connectivity index (χ1) is 8.60. The van der Waals surface area contributed by atoms with Gasteiger partial charge in [-0.25, -0.2) is 9.59 Å². The molecule has 18 heavy (non-hydrogen) atoms. The summed E-state index contributed by atoms with van der Waals surface area (Å²) in [7, 11) is 1.29. The second-order valence-corrected chi connectivity index (χ2v) is 3.94. The second-order valence-electron chi connectivity index (χ2n) is 3.56. The van der Waals surface area contributed by atoms with Gasteiger partial charge in [0.1, 0.15) is 0 Å². The molecule has 0 aliphatic rings. The number of carbonyl (C=O) groups is 2. The van der Waals surface area contributed by atoms with E-state index in [0.717, 1.165) is 5.56 Å². The Morgan fingerprint density at radius 3 is 2.72 bits per heavy atom. The van der Waals surface area contributed by atoms with Crippen molar-refractivity contribution < 1.29 is 14.3 Å². The summed E-state index contributed by atoms with van der Waals surface area (Å²) in [6.45, 7) is 2.15. The Kier molecular flexibility index (Phi) is 5.45. The van der Waals surface area contributed by atoms with Crippen molar-refractivity contribution in [3.05, 3.63) is 29.3 Å². The first-order valence-electron chi connectivity index (χ1n) is 5.39. The fraction of sp³-hybridized carbons (Fsp3) is 0.333. The topological polar surface area (TPSA) is 67.4 Å². The van der Waals surface area contributed by atoms with Crippen molar-refractivity contribution in [1.29, 1.82) is 0 Å². The third-order valence-corrected chi connectivity index (χ3v) is 2.49. The van der Waals surface area contributed by atoms with Gasteiger partial charge in [-0.3, -0.25) is 0 Å². The molecule has 0 bridgehead atoms. The molecule has 0 unspecified atom stereocenters. The number of hydrogen-bond donors (Lipinski definition) is 2. The number of methoxy groups -OCH3 is 1. The summed E-state index contributed by atoms with van der Waals surface area (Å²) in [4.78, 5) is 23.1. The summed E-state index contributed by atoms with van der Waals surface area (Å²) in [5.74, 6) is -0.170. The number of amides is 2. The van der Waals surface area contributed by atoms with Crippen molar-refractivity contribution in [2.24, 2.45) is 0 Å². The lowest BCUT2D eigenvalue weighted by molar-refractivity contribution is 0.0602. The lowest BCUT2D eigenvalue weighted by Gasteiger charge is -2.12. The minimum Gasteiger partial charge on any atom is -0.465 e. The normalized spacial score (nSPS) is 9.72. The highest BCUT2D eigenvalue weighted by Gasteiger charge is 2.15. The van der Waals surface area contributed by atoms with E-state index in [-0.39, 0.29) is 0 Å². The van der Waals surface area contributed by atoms with Crippen LogP contribution in [0.2, 0.25) is 0 Å². The van der Waals surface area contributed by atoms with E-state index in [1.165, 1.54) is 7.11 Å². The molecule has 0 spiro atoms. The van der Waals surface area contributed by atoms with Gasteiger partial charge in [0.2, 0.25) is 0 Å². The van der Waals surface area contributed by atoms with Crippen LogP contribution in [-0.4, -0.2) is 31.5 Å². The summed E-state index contributed by atoms with van der Waals surface area (Å²) in [6.07, 6.45) is 0. The van der Waals surface area contributed by atoms with Crippen molar-refractivity contribution >= 4 is 29.3 Å². The maximum Gasteiger partial charge on any atom is 0.339 e. The molecule has 0 aliphatic carbocycles. The predicted octanol–water partition coefficient (Wildman–Crippen LogP) is 2.14. The molecular formula is C12H15ClN2O3. The molecule has 0 saturated heterocycles. The Balaban J connectivity index is 2.92. The summed E-state index contributed by atoms with van der Waals surface area (Å²) in [5, 5.41) is 5.18. The Bertz CT molecular complexity index is 449. The number of alkyl halides is 1. The molecule has 0 aliphatic heterocycles. The lowest BCUT2D eigenvalue weighted by Crippen LogP contribution is -2.31. The van der Waals surface area contributed by atoms with Crippen LogP contribution in [0, 0.1) is 6.92 Å². The minimum atomic E-state index is -0.494. The first kappa shape index (κ1) is 14.3. The number of carbonyl (C=O) groups excluding carboxylic acids is 2. The highest BCUT2D eigenvalue weighted by atomic mass is 35.5. The van der Waals surface area contributed by atoms with Crippen molar-refractivity contribution in [3.8, 4) is 0 Å². The van der Waals surface area contributed by atoms with E-state index in [2.05, 4.69) is 15.4 Å². The van der Waals surface area contributed by atoms with E-state index in [0.29, 0.717) is 23.7 Å². The van der Waals surface area contributed by atoms with Crippen molar-refractivity contribution in [1.82, 2.24) is 5.32 Å². The zero-order valence-electron chi connectivity index (χ0n) is 10.2. The molecule has 2 amide bonds.